The molecule has 0 fully saturated rings. The topological polar surface area (TPSA) is 44.4 Å². The van der Waals surface area contributed by atoms with E-state index in [0.717, 1.165) is 18.8 Å². The molecule has 0 spiro atoms. The number of anilines is 1. The number of nitrogens with zero attached hydrogens (tertiary/aromatic N) is 1. The van der Waals surface area contributed by atoms with Crippen LogP contribution in [0.2, 0.25) is 5.02 Å². The third-order valence-electron chi connectivity index (χ3n) is 3.28. The minimum Gasteiger partial charge on any atom is -0.374 e. The number of benzene rings is 1. The molecule has 0 saturated carbocycles. The van der Waals surface area contributed by atoms with Crippen molar-refractivity contribution < 1.29 is 4.79 Å². The first-order valence-electron chi connectivity index (χ1n) is 7.35. The molecular weight excluding hydrogens is 286 g/mol. The van der Waals surface area contributed by atoms with Gasteiger partial charge >= 0.3 is 0 Å². The van der Waals surface area contributed by atoms with Crippen LogP contribution in [-0.4, -0.2) is 33.1 Å². The Kier molecular flexibility index (Phi) is 7.54. The van der Waals surface area contributed by atoms with Gasteiger partial charge in [-0.25, -0.2) is 0 Å². The fourth-order valence-corrected chi connectivity index (χ4v) is 2.22. The molecule has 1 rings (SSSR count). The summed E-state index contributed by atoms with van der Waals surface area (Å²) in [5.74, 6) is 0.662. The molecule has 0 atom stereocenters. The number of rotatable bonds is 8. The molecule has 0 aliphatic carbocycles. The summed E-state index contributed by atoms with van der Waals surface area (Å²) in [6.45, 7) is 6.81. The second-order valence-electron chi connectivity index (χ2n) is 5.64. The second kappa shape index (κ2) is 8.90. The van der Waals surface area contributed by atoms with Crippen LogP contribution in [-0.2, 0) is 11.3 Å². The summed E-state index contributed by atoms with van der Waals surface area (Å²) in [5, 5.41) is 6.80. The van der Waals surface area contributed by atoms with Crippen molar-refractivity contribution in [1.82, 2.24) is 10.6 Å². The van der Waals surface area contributed by atoms with Crippen molar-refractivity contribution in [3.63, 3.8) is 0 Å². The van der Waals surface area contributed by atoms with Crippen molar-refractivity contribution >= 4 is 23.2 Å². The van der Waals surface area contributed by atoms with Crippen LogP contribution in [0.3, 0.4) is 0 Å². The van der Waals surface area contributed by atoms with E-state index in [1.165, 1.54) is 5.56 Å². The molecule has 0 bridgehead atoms. The van der Waals surface area contributed by atoms with Gasteiger partial charge in [-0.15, -0.1) is 0 Å². The van der Waals surface area contributed by atoms with E-state index in [0.29, 0.717) is 23.9 Å². The predicted molar refractivity (Wildman–Crippen MR) is 90.0 cm³/mol. The van der Waals surface area contributed by atoms with Crippen molar-refractivity contribution in [3.8, 4) is 0 Å². The Labute approximate surface area is 132 Å². The third kappa shape index (κ3) is 6.36. The highest BCUT2D eigenvalue weighted by Gasteiger charge is 2.10. The SMILES string of the molecule is CNC(=O)CCN(C)c1cc(Cl)ccc1CNCC(C)C. The van der Waals surface area contributed by atoms with Crippen molar-refractivity contribution in [1.29, 1.82) is 0 Å². The van der Waals surface area contributed by atoms with Crippen LogP contribution in [0.15, 0.2) is 18.2 Å². The van der Waals surface area contributed by atoms with Gasteiger partial charge in [-0.3, -0.25) is 4.79 Å². The van der Waals surface area contributed by atoms with E-state index < -0.39 is 0 Å². The average molecular weight is 312 g/mol. The zero-order valence-electron chi connectivity index (χ0n) is 13.4. The summed E-state index contributed by atoms with van der Waals surface area (Å²) in [7, 11) is 3.64. The maximum atomic E-state index is 11.4. The predicted octanol–water partition coefficient (Wildman–Crippen LogP) is 2.66. The van der Waals surface area contributed by atoms with E-state index in [1.807, 2.05) is 25.2 Å². The quantitative estimate of drug-likeness (QED) is 0.776. The number of carbonyl (C=O) groups excluding carboxylic acids is 1. The van der Waals surface area contributed by atoms with Crippen molar-refractivity contribution in [3.05, 3.63) is 28.8 Å². The summed E-state index contributed by atoms with van der Waals surface area (Å²) >= 11 is 6.11. The largest absolute Gasteiger partial charge is 0.374 e. The molecule has 1 aromatic rings. The molecule has 1 amide bonds. The molecule has 5 heteroatoms. The highest BCUT2D eigenvalue weighted by Crippen LogP contribution is 2.24. The first-order chi connectivity index (χ1) is 9.93. The Bertz CT molecular complexity index is 463. The lowest BCUT2D eigenvalue weighted by Gasteiger charge is -2.23. The smallest absolute Gasteiger partial charge is 0.221 e. The number of amides is 1. The molecule has 0 aromatic heterocycles. The number of halogens is 1. The fraction of sp³-hybridized carbons (Fsp3) is 0.562. The van der Waals surface area contributed by atoms with E-state index in [2.05, 4.69) is 29.4 Å². The lowest BCUT2D eigenvalue weighted by Crippen LogP contribution is -2.28. The van der Waals surface area contributed by atoms with E-state index in [-0.39, 0.29) is 5.91 Å². The van der Waals surface area contributed by atoms with Gasteiger partial charge < -0.3 is 15.5 Å². The second-order valence-corrected chi connectivity index (χ2v) is 6.08. The Balaban J connectivity index is 2.73. The standard InChI is InChI=1S/C16H26ClN3O/c1-12(2)10-19-11-13-5-6-14(17)9-15(13)20(4)8-7-16(21)18-3/h5-6,9,12,19H,7-8,10-11H2,1-4H3,(H,18,21). The minimum absolute atomic E-state index is 0.0448. The molecular formula is C16H26ClN3O. The number of hydrogen-bond acceptors (Lipinski definition) is 3. The Hall–Kier alpha value is -1.26. The zero-order chi connectivity index (χ0) is 15.8. The molecule has 0 saturated heterocycles. The van der Waals surface area contributed by atoms with Gasteiger partial charge in [0.2, 0.25) is 5.91 Å². The zero-order valence-corrected chi connectivity index (χ0v) is 14.1. The summed E-state index contributed by atoms with van der Waals surface area (Å²) < 4.78 is 0. The first kappa shape index (κ1) is 17.8. The van der Waals surface area contributed by atoms with Crippen LogP contribution >= 0.6 is 11.6 Å². The van der Waals surface area contributed by atoms with Crippen LogP contribution < -0.4 is 15.5 Å². The molecule has 21 heavy (non-hydrogen) atoms. The fourth-order valence-electron chi connectivity index (χ4n) is 2.05. The lowest BCUT2D eigenvalue weighted by atomic mass is 10.1. The van der Waals surface area contributed by atoms with Gasteiger partial charge in [-0.1, -0.05) is 31.5 Å². The minimum atomic E-state index is 0.0448. The van der Waals surface area contributed by atoms with Crippen LogP contribution in [0.1, 0.15) is 25.8 Å². The molecule has 0 aliphatic heterocycles. The Morgan fingerprint density at radius 3 is 2.71 bits per heavy atom. The van der Waals surface area contributed by atoms with Crippen molar-refractivity contribution in [2.75, 3.05) is 32.1 Å². The summed E-state index contributed by atoms with van der Waals surface area (Å²) in [4.78, 5) is 13.4. The summed E-state index contributed by atoms with van der Waals surface area (Å²) in [6.07, 6.45) is 0.471. The molecule has 0 unspecified atom stereocenters. The van der Waals surface area contributed by atoms with Crippen LogP contribution in [0.5, 0.6) is 0 Å². The Morgan fingerprint density at radius 1 is 1.38 bits per heavy atom. The summed E-state index contributed by atoms with van der Waals surface area (Å²) in [5.41, 5.74) is 2.27. The van der Waals surface area contributed by atoms with Crippen molar-refractivity contribution in [2.24, 2.45) is 5.92 Å². The molecule has 0 heterocycles. The number of hydrogen-bond donors (Lipinski definition) is 2. The van der Waals surface area contributed by atoms with E-state index in [1.54, 1.807) is 7.05 Å². The van der Waals surface area contributed by atoms with Crippen LogP contribution in [0.25, 0.3) is 0 Å². The van der Waals surface area contributed by atoms with Gasteiger partial charge in [-0.2, -0.15) is 0 Å². The highest BCUT2D eigenvalue weighted by atomic mass is 35.5. The van der Waals surface area contributed by atoms with E-state index in [9.17, 15) is 4.79 Å². The number of carbonyl (C=O) groups is 1. The monoisotopic (exact) mass is 311 g/mol. The normalized spacial score (nSPS) is 10.8. The molecule has 0 radical (unpaired) electrons. The van der Waals surface area contributed by atoms with E-state index in [4.69, 9.17) is 11.6 Å². The van der Waals surface area contributed by atoms with Crippen molar-refractivity contribution in [2.45, 2.75) is 26.8 Å². The number of nitrogens with one attached hydrogen (secondary N) is 2. The first-order valence-corrected chi connectivity index (χ1v) is 7.72. The van der Waals surface area contributed by atoms with Gasteiger partial charge in [0.1, 0.15) is 0 Å². The summed E-state index contributed by atoms with van der Waals surface area (Å²) in [6, 6.07) is 5.91. The maximum Gasteiger partial charge on any atom is 0.221 e. The van der Waals surface area contributed by atoms with Crippen LogP contribution in [0, 0.1) is 5.92 Å². The highest BCUT2D eigenvalue weighted by molar-refractivity contribution is 6.30. The third-order valence-corrected chi connectivity index (χ3v) is 3.51. The van der Waals surface area contributed by atoms with Gasteiger partial charge in [-0.05, 0) is 30.2 Å². The molecule has 1 aromatic carbocycles. The average Bonchev–Trinajstić information content (AvgIpc) is 2.45. The maximum absolute atomic E-state index is 11.4. The van der Waals surface area contributed by atoms with Gasteiger partial charge in [0.05, 0.1) is 0 Å². The van der Waals surface area contributed by atoms with Gasteiger partial charge in [0.25, 0.3) is 0 Å². The van der Waals surface area contributed by atoms with Gasteiger partial charge in [0.15, 0.2) is 0 Å². The molecule has 2 N–H and O–H groups in total. The van der Waals surface area contributed by atoms with Gasteiger partial charge in [0, 0.05) is 44.3 Å². The molecule has 118 valence electrons. The van der Waals surface area contributed by atoms with E-state index >= 15 is 0 Å². The van der Waals surface area contributed by atoms with Crippen LogP contribution in [0.4, 0.5) is 5.69 Å². The molecule has 0 aliphatic rings. The molecule has 4 nitrogen and oxygen atoms in total. The lowest BCUT2D eigenvalue weighted by molar-refractivity contribution is -0.120. The Morgan fingerprint density at radius 2 is 2.10 bits per heavy atom.